The molecule has 0 amide bonds. The molecule has 13 heavy (non-hydrogen) atoms. The van der Waals surface area contributed by atoms with E-state index >= 15 is 0 Å². The zero-order valence-corrected chi connectivity index (χ0v) is 8.26. The van der Waals surface area contributed by atoms with Crippen LogP contribution in [0, 0.1) is 22.9 Å². The molecule has 2 N–H and O–H groups in total. The maximum atomic E-state index is 13.2. The lowest BCUT2D eigenvalue weighted by molar-refractivity contribution is -0.387. The van der Waals surface area contributed by atoms with Crippen LogP contribution >= 0.6 is 15.9 Å². The Morgan fingerprint density at radius 3 is 2.69 bits per heavy atom. The van der Waals surface area contributed by atoms with E-state index in [9.17, 15) is 14.5 Å². The Morgan fingerprint density at radius 1 is 1.69 bits per heavy atom. The van der Waals surface area contributed by atoms with E-state index < -0.39 is 16.4 Å². The zero-order chi connectivity index (χ0) is 10.2. The fourth-order valence-corrected chi connectivity index (χ4v) is 1.40. The monoisotopic (exact) mass is 248 g/mol. The highest BCUT2D eigenvalue weighted by molar-refractivity contribution is 9.10. The van der Waals surface area contributed by atoms with Gasteiger partial charge in [0.15, 0.2) is 0 Å². The van der Waals surface area contributed by atoms with Gasteiger partial charge in [-0.15, -0.1) is 0 Å². The number of nitro groups is 1. The molecule has 0 radical (unpaired) electrons. The van der Waals surface area contributed by atoms with Gasteiger partial charge in [0.1, 0.15) is 0 Å². The molecule has 0 heterocycles. The molecule has 0 aliphatic heterocycles. The molecule has 1 aromatic carbocycles. The minimum absolute atomic E-state index is 0.0843. The van der Waals surface area contributed by atoms with E-state index in [4.69, 9.17) is 5.73 Å². The second-order valence-corrected chi connectivity index (χ2v) is 3.34. The molecule has 0 aliphatic rings. The lowest BCUT2D eigenvalue weighted by atomic mass is 10.1. The van der Waals surface area contributed by atoms with Gasteiger partial charge in [-0.3, -0.25) is 10.1 Å². The van der Waals surface area contributed by atoms with Crippen LogP contribution in [-0.4, -0.2) is 4.92 Å². The molecule has 0 unspecified atom stereocenters. The first-order valence-corrected chi connectivity index (χ1v) is 4.13. The summed E-state index contributed by atoms with van der Waals surface area (Å²) in [4.78, 5) is 9.56. The van der Waals surface area contributed by atoms with E-state index in [1.54, 1.807) is 0 Å². The quantitative estimate of drug-likeness (QED) is 0.472. The van der Waals surface area contributed by atoms with Crippen LogP contribution in [0.2, 0.25) is 0 Å². The van der Waals surface area contributed by atoms with Crippen LogP contribution in [0.5, 0.6) is 0 Å². The number of hydrogen-bond donors (Lipinski definition) is 1. The number of benzene rings is 1. The van der Waals surface area contributed by atoms with E-state index in [0.29, 0.717) is 4.47 Å². The largest absolute Gasteiger partial charge is 0.398 e. The molecule has 4 nitrogen and oxygen atoms in total. The molecular formula is C7H6BrFN2O2. The van der Waals surface area contributed by atoms with Crippen LogP contribution in [0.15, 0.2) is 10.5 Å². The summed E-state index contributed by atoms with van der Waals surface area (Å²) in [5.74, 6) is -0.884. The number of nitro benzene ring substituents is 1. The van der Waals surface area contributed by atoms with Crippen molar-refractivity contribution >= 4 is 27.3 Å². The zero-order valence-electron chi connectivity index (χ0n) is 6.67. The second-order valence-electron chi connectivity index (χ2n) is 2.49. The summed E-state index contributed by atoms with van der Waals surface area (Å²) < 4.78 is 13.5. The average Bonchev–Trinajstić information content (AvgIpc) is 2.07. The molecule has 70 valence electrons. The van der Waals surface area contributed by atoms with E-state index in [0.717, 1.165) is 6.07 Å². The van der Waals surface area contributed by atoms with Crippen LogP contribution in [0.25, 0.3) is 0 Å². The molecule has 0 saturated carbocycles. The number of anilines is 1. The van der Waals surface area contributed by atoms with Crippen LogP contribution in [0.4, 0.5) is 15.8 Å². The van der Waals surface area contributed by atoms with Crippen molar-refractivity contribution in [3.8, 4) is 0 Å². The highest BCUT2D eigenvalue weighted by Crippen LogP contribution is 2.31. The Labute approximate surface area is 81.8 Å². The summed E-state index contributed by atoms with van der Waals surface area (Å²) in [5, 5.41) is 10.3. The van der Waals surface area contributed by atoms with Gasteiger partial charge in [0.25, 0.3) is 0 Å². The standard InChI is InChI=1S/C7H6BrFN2O2/c1-3-6(9)5(11(12)13)2-4(8)7(3)10/h2H,10H2,1H3. The Hall–Kier alpha value is -1.17. The number of nitrogens with zero attached hydrogens (tertiary/aromatic N) is 1. The molecule has 6 heteroatoms. The van der Waals surface area contributed by atoms with Crippen LogP contribution in [-0.2, 0) is 0 Å². The minimum Gasteiger partial charge on any atom is -0.398 e. The van der Waals surface area contributed by atoms with Gasteiger partial charge in [0.05, 0.1) is 10.6 Å². The van der Waals surface area contributed by atoms with E-state index in [2.05, 4.69) is 15.9 Å². The summed E-state index contributed by atoms with van der Waals surface area (Å²) >= 11 is 3.00. The second kappa shape index (κ2) is 3.29. The average molecular weight is 249 g/mol. The van der Waals surface area contributed by atoms with Crippen molar-refractivity contribution in [2.75, 3.05) is 5.73 Å². The third-order valence-corrected chi connectivity index (χ3v) is 2.33. The van der Waals surface area contributed by atoms with Gasteiger partial charge in [-0.05, 0) is 22.9 Å². The normalized spacial score (nSPS) is 10.1. The molecule has 0 aliphatic carbocycles. The van der Waals surface area contributed by atoms with Gasteiger partial charge in [-0.2, -0.15) is 4.39 Å². The number of nitrogens with two attached hydrogens (primary N) is 1. The summed E-state index contributed by atoms with van der Waals surface area (Å²) in [7, 11) is 0. The minimum atomic E-state index is -0.884. The maximum Gasteiger partial charge on any atom is 0.306 e. The van der Waals surface area contributed by atoms with Gasteiger partial charge in [-0.25, -0.2) is 0 Å². The Balaban J connectivity index is 3.50. The molecule has 1 aromatic rings. The smallest absolute Gasteiger partial charge is 0.306 e. The van der Waals surface area contributed by atoms with Crippen LogP contribution in [0.1, 0.15) is 5.56 Å². The van der Waals surface area contributed by atoms with Crippen LogP contribution < -0.4 is 5.73 Å². The third-order valence-electron chi connectivity index (χ3n) is 1.68. The number of rotatable bonds is 1. The summed E-state index contributed by atoms with van der Waals surface area (Å²) in [5.41, 5.74) is 5.14. The Kier molecular flexibility index (Phi) is 2.51. The SMILES string of the molecule is Cc1c(N)c(Br)cc([N+](=O)[O-])c1F. The highest BCUT2D eigenvalue weighted by Gasteiger charge is 2.19. The predicted octanol–water partition coefficient (Wildman–Crippen LogP) is 2.39. The molecule has 0 bridgehead atoms. The van der Waals surface area contributed by atoms with Crippen molar-refractivity contribution < 1.29 is 9.31 Å². The molecule has 0 aromatic heterocycles. The predicted molar refractivity (Wildman–Crippen MR) is 49.9 cm³/mol. The number of nitrogen functional groups attached to an aromatic ring is 1. The molecular weight excluding hydrogens is 243 g/mol. The molecule has 1 rings (SSSR count). The van der Waals surface area contributed by atoms with E-state index in [-0.39, 0.29) is 11.3 Å². The topological polar surface area (TPSA) is 69.2 Å². The Bertz CT molecular complexity index is 381. The fourth-order valence-electron chi connectivity index (χ4n) is 0.883. The van der Waals surface area contributed by atoms with Crippen LogP contribution in [0.3, 0.4) is 0 Å². The summed E-state index contributed by atoms with van der Waals surface area (Å²) in [6.45, 7) is 1.39. The lowest BCUT2D eigenvalue weighted by Crippen LogP contribution is -2.00. The van der Waals surface area contributed by atoms with Gasteiger partial charge in [-0.1, -0.05) is 0 Å². The summed E-state index contributed by atoms with van der Waals surface area (Å²) in [6.07, 6.45) is 0. The first-order chi connectivity index (χ1) is 5.95. The van der Waals surface area contributed by atoms with Crippen molar-refractivity contribution in [2.24, 2.45) is 0 Å². The van der Waals surface area contributed by atoms with Gasteiger partial charge in [0, 0.05) is 16.1 Å². The third kappa shape index (κ3) is 1.62. The van der Waals surface area contributed by atoms with Crippen molar-refractivity contribution in [3.05, 3.63) is 32.0 Å². The molecule has 0 spiro atoms. The first-order valence-electron chi connectivity index (χ1n) is 3.33. The molecule has 0 fully saturated rings. The maximum absolute atomic E-state index is 13.2. The van der Waals surface area contributed by atoms with E-state index in [1.165, 1.54) is 6.92 Å². The van der Waals surface area contributed by atoms with Crippen molar-refractivity contribution in [2.45, 2.75) is 6.92 Å². The number of halogens is 2. The first kappa shape index (κ1) is 9.91. The van der Waals surface area contributed by atoms with Gasteiger partial charge >= 0.3 is 5.69 Å². The van der Waals surface area contributed by atoms with Crippen molar-refractivity contribution in [1.82, 2.24) is 0 Å². The van der Waals surface area contributed by atoms with Crippen molar-refractivity contribution in [3.63, 3.8) is 0 Å². The van der Waals surface area contributed by atoms with Gasteiger partial charge in [0.2, 0.25) is 5.82 Å². The van der Waals surface area contributed by atoms with Crippen molar-refractivity contribution in [1.29, 1.82) is 0 Å². The molecule has 0 saturated heterocycles. The lowest BCUT2D eigenvalue weighted by Gasteiger charge is -2.04. The summed E-state index contributed by atoms with van der Waals surface area (Å²) in [6, 6.07) is 1.05. The van der Waals surface area contributed by atoms with Gasteiger partial charge < -0.3 is 5.73 Å². The Morgan fingerprint density at radius 2 is 2.23 bits per heavy atom. The van der Waals surface area contributed by atoms with E-state index in [1.807, 2.05) is 0 Å². The fraction of sp³-hybridized carbons (Fsp3) is 0.143. The molecule has 0 atom stereocenters. The number of hydrogen-bond acceptors (Lipinski definition) is 3. The highest BCUT2D eigenvalue weighted by atomic mass is 79.9.